The third kappa shape index (κ3) is 4.47. The first kappa shape index (κ1) is 16.4. The molecule has 0 aliphatic heterocycles. The van der Waals surface area contributed by atoms with Crippen molar-refractivity contribution in [1.29, 1.82) is 0 Å². The first-order valence-electron chi connectivity index (χ1n) is 8.34. The molecule has 1 N–H and O–H groups in total. The summed E-state index contributed by atoms with van der Waals surface area (Å²) in [6, 6.07) is 8.35. The van der Waals surface area contributed by atoms with Crippen molar-refractivity contribution in [1.82, 2.24) is 0 Å². The lowest BCUT2D eigenvalue weighted by Gasteiger charge is -2.40. The number of hydrogen-bond donors (Lipinski definition) is 1. The van der Waals surface area contributed by atoms with E-state index in [1.165, 1.54) is 5.56 Å². The molecule has 1 fully saturated rings. The van der Waals surface area contributed by atoms with E-state index in [0.717, 1.165) is 37.9 Å². The predicted molar refractivity (Wildman–Crippen MR) is 87.7 cm³/mol. The smallest absolute Gasteiger partial charge is 0.125 e. The number of aliphatic hydroxyl groups excluding tert-OH is 1. The van der Waals surface area contributed by atoms with Crippen molar-refractivity contribution in [3.63, 3.8) is 0 Å². The van der Waals surface area contributed by atoms with Gasteiger partial charge in [-0.1, -0.05) is 46.2 Å². The zero-order valence-corrected chi connectivity index (χ0v) is 13.9. The molecular formula is C19H30O2. The molecule has 0 saturated heterocycles. The average molecular weight is 290 g/mol. The third-order valence-corrected chi connectivity index (χ3v) is 4.73. The highest BCUT2D eigenvalue weighted by molar-refractivity contribution is 5.27. The fraction of sp³-hybridized carbons (Fsp3) is 0.684. The largest absolute Gasteiger partial charge is 0.488 e. The van der Waals surface area contributed by atoms with Crippen LogP contribution in [0.1, 0.15) is 58.9 Å². The van der Waals surface area contributed by atoms with Crippen LogP contribution in [0.2, 0.25) is 0 Å². The van der Waals surface area contributed by atoms with E-state index in [0.29, 0.717) is 5.92 Å². The standard InChI is InChI=1S/C19H30O2/c1-5-6-14-7-10-16(11-8-14)21-18-13-15(19(2,3)4)9-12-17(18)20/h7-8,10-11,15,17-18,20H,5-6,9,12-13H2,1-4H3. The summed E-state index contributed by atoms with van der Waals surface area (Å²) in [5.74, 6) is 1.50. The van der Waals surface area contributed by atoms with Crippen molar-refractivity contribution in [2.75, 3.05) is 0 Å². The van der Waals surface area contributed by atoms with Crippen molar-refractivity contribution < 1.29 is 9.84 Å². The van der Waals surface area contributed by atoms with E-state index in [-0.39, 0.29) is 17.6 Å². The fourth-order valence-corrected chi connectivity index (χ4v) is 3.22. The highest BCUT2D eigenvalue weighted by Gasteiger charge is 2.36. The SMILES string of the molecule is CCCc1ccc(OC2CC(C(C)(C)C)CCC2O)cc1. The quantitative estimate of drug-likeness (QED) is 0.878. The van der Waals surface area contributed by atoms with E-state index >= 15 is 0 Å². The van der Waals surface area contributed by atoms with Crippen molar-refractivity contribution in [2.24, 2.45) is 11.3 Å². The Bertz CT molecular complexity index is 430. The molecule has 1 aliphatic carbocycles. The summed E-state index contributed by atoms with van der Waals surface area (Å²) < 4.78 is 6.08. The van der Waals surface area contributed by atoms with Gasteiger partial charge in [-0.15, -0.1) is 0 Å². The molecule has 3 unspecified atom stereocenters. The molecule has 118 valence electrons. The first-order chi connectivity index (χ1) is 9.90. The maximum atomic E-state index is 10.2. The molecule has 1 aromatic rings. The fourth-order valence-electron chi connectivity index (χ4n) is 3.22. The Morgan fingerprint density at radius 2 is 1.81 bits per heavy atom. The summed E-state index contributed by atoms with van der Waals surface area (Å²) in [6.45, 7) is 9.04. The summed E-state index contributed by atoms with van der Waals surface area (Å²) in [4.78, 5) is 0. The number of rotatable bonds is 4. The molecule has 1 aliphatic rings. The van der Waals surface area contributed by atoms with Crippen molar-refractivity contribution >= 4 is 0 Å². The van der Waals surface area contributed by atoms with E-state index in [1.54, 1.807) is 0 Å². The van der Waals surface area contributed by atoms with Crippen LogP contribution in [0.3, 0.4) is 0 Å². The molecule has 2 rings (SSSR count). The van der Waals surface area contributed by atoms with Gasteiger partial charge in [-0.2, -0.15) is 0 Å². The molecule has 1 aromatic carbocycles. The molecule has 0 amide bonds. The van der Waals surface area contributed by atoms with Gasteiger partial charge in [-0.25, -0.2) is 0 Å². The number of benzene rings is 1. The summed E-state index contributed by atoms with van der Waals surface area (Å²) in [7, 11) is 0. The molecule has 21 heavy (non-hydrogen) atoms. The maximum Gasteiger partial charge on any atom is 0.125 e. The third-order valence-electron chi connectivity index (χ3n) is 4.73. The second kappa shape index (κ2) is 6.83. The minimum atomic E-state index is -0.334. The highest BCUT2D eigenvalue weighted by Crippen LogP contribution is 2.39. The molecule has 2 heteroatoms. The van der Waals surface area contributed by atoms with Crippen LogP contribution < -0.4 is 4.74 Å². The van der Waals surface area contributed by atoms with Crippen molar-refractivity contribution in [2.45, 2.75) is 72.0 Å². The van der Waals surface area contributed by atoms with Crippen molar-refractivity contribution in [3.05, 3.63) is 29.8 Å². The summed E-state index contributed by atoms with van der Waals surface area (Å²) in [5.41, 5.74) is 1.63. The van der Waals surface area contributed by atoms with Crippen LogP contribution in [0.25, 0.3) is 0 Å². The van der Waals surface area contributed by atoms with Gasteiger partial charge >= 0.3 is 0 Å². The van der Waals surface area contributed by atoms with Gasteiger partial charge in [-0.3, -0.25) is 0 Å². The van der Waals surface area contributed by atoms with Gasteiger partial charge in [-0.05, 0) is 54.7 Å². The van der Waals surface area contributed by atoms with Gasteiger partial charge in [0.25, 0.3) is 0 Å². The number of ether oxygens (including phenoxy) is 1. The van der Waals surface area contributed by atoms with Crippen LogP contribution in [0.5, 0.6) is 5.75 Å². The monoisotopic (exact) mass is 290 g/mol. The van der Waals surface area contributed by atoms with Gasteiger partial charge in [0, 0.05) is 0 Å². The lowest BCUT2D eigenvalue weighted by atomic mass is 9.71. The topological polar surface area (TPSA) is 29.5 Å². The number of aliphatic hydroxyl groups is 1. The molecular weight excluding hydrogens is 260 g/mol. The van der Waals surface area contributed by atoms with Crippen molar-refractivity contribution in [3.8, 4) is 5.75 Å². The number of aryl methyl sites for hydroxylation is 1. The minimum absolute atomic E-state index is 0.0694. The van der Waals surface area contributed by atoms with Gasteiger partial charge < -0.3 is 9.84 Å². The zero-order valence-electron chi connectivity index (χ0n) is 13.9. The predicted octanol–water partition coefficient (Wildman–Crippen LogP) is 4.59. The van der Waals surface area contributed by atoms with Crippen LogP contribution in [-0.2, 0) is 6.42 Å². The summed E-state index contributed by atoms with van der Waals surface area (Å²) in [5, 5.41) is 10.2. The van der Waals surface area contributed by atoms with Gasteiger partial charge in [0.1, 0.15) is 11.9 Å². The average Bonchev–Trinajstić information content (AvgIpc) is 2.42. The maximum absolute atomic E-state index is 10.2. The van der Waals surface area contributed by atoms with E-state index in [1.807, 2.05) is 12.1 Å². The Balaban J connectivity index is 1.99. The lowest BCUT2D eigenvalue weighted by molar-refractivity contribution is -0.0297. The van der Waals surface area contributed by atoms with Gasteiger partial charge in [0.15, 0.2) is 0 Å². The Morgan fingerprint density at radius 1 is 1.14 bits per heavy atom. The molecule has 2 nitrogen and oxygen atoms in total. The molecule has 1 saturated carbocycles. The Morgan fingerprint density at radius 3 is 2.38 bits per heavy atom. The highest BCUT2D eigenvalue weighted by atomic mass is 16.5. The van der Waals surface area contributed by atoms with Crippen LogP contribution in [-0.4, -0.2) is 17.3 Å². The van der Waals surface area contributed by atoms with Crippen LogP contribution in [0.4, 0.5) is 0 Å². The number of hydrogen-bond acceptors (Lipinski definition) is 2. The molecule has 0 spiro atoms. The van der Waals surface area contributed by atoms with Gasteiger partial charge in [0.2, 0.25) is 0 Å². The van der Waals surface area contributed by atoms with Gasteiger partial charge in [0.05, 0.1) is 6.10 Å². The molecule has 0 radical (unpaired) electrons. The van der Waals surface area contributed by atoms with E-state index < -0.39 is 0 Å². The zero-order chi connectivity index (χ0) is 15.5. The molecule has 3 atom stereocenters. The van der Waals surface area contributed by atoms with E-state index in [4.69, 9.17) is 4.74 Å². The molecule has 0 heterocycles. The van der Waals surface area contributed by atoms with E-state index in [2.05, 4.69) is 39.8 Å². The second-order valence-corrected chi connectivity index (χ2v) is 7.49. The molecule has 0 bridgehead atoms. The Labute approximate surface area is 129 Å². The van der Waals surface area contributed by atoms with Crippen LogP contribution in [0, 0.1) is 11.3 Å². The summed E-state index contributed by atoms with van der Waals surface area (Å²) in [6.07, 6.45) is 4.76. The van der Waals surface area contributed by atoms with E-state index in [9.17, 15) is 5.11 Å². The first-order valence-corrected chi connectivity index (χ1v) is 8.34. The molecule has 0 aromatic heterocycles. The summed E-state index contributed by atoms with van der Waals surface area (Å²) >= 11 is 0. The Hall–Kier alpha value is -1.02. The van der Waals surface area contributed by atoms with Crippen LogP contribution in [0.15, 0.2) is 24.3 Å². The van der Waals surface area contributed by atoms with Crippen LogP contribution >= 0.6 is 0 Å². The lowest BCUT2D eigenvalue weighted by Crippen LogP contribution is -2.41. The Kier molecular flexibility index (Phi) is 5.32. The minimum Gasteiger partial charge on any atom is -0.488 e. The normalized spacial score (nSPS) is 26.6. The second-order valence-electron chi connectivity index (χ2n) is 7.49.